The van der Waals surface area contributed by atoms with Crippen LogP contribution < -0.4 is 4.90 Å². The van der Waals surface area contributed by atoms with Gasteiger partial charge in [0, 0.05) is 18.3 Å². The first-order chi connectivity index (χ1) is 8.59. The maximum atomic E-state index is 12.8. The number of halogens is 1. The van der Waals surface area contributed by atoms with E-state index in [2.05, 4.69) is 0 Å². The van der Waals surface area contributed by atoms with E-state index in [1.54, 1.807) is 11.9 Å². The molecule has 0 radical (unpaired) electrons. The fourth-order valence-electron chi connectivity index (χ4n) is 1.84. The maximum Gasteiger partial charge on any atom is 0.258 e. The summed E-state index contributed by atoms with van der Waals surface area (Å²) in [5.41, 5.74) is 2.35. The molecule has 2 nitrogen and oxygen atoms in total. The predicted octanol–water partition coefficient (Wildman–Crippen LogP) is 3.41. The number of carbonyl (C=O) groups excluding carboxylic acids is 1. The van der Waals surface area contributed by atoms with Crippen molar-refractivity contribution in [3.05, 3.63) is 65.5 Å². The van der Waals surface area contributed by atoms with Crippen molar-refractivity contribution >= 4 is 11.6 Å². The number of aryl methyl sites for hydroxylation is 1. The van der Waals surface area contributed by atoms with E-state index in [4.69, 9.17) is 0 Å². The van der Waals surface area contributed by atoms with Crippen LogP contribution in [0.2, 0.25) is 0 Å². The molecule has 2 aromatic carbocycles. The highest BCUT2D eigenvalue weighted by atomic mass is 19.1. The predicted molar refractivity (Wildman–Crippen MR) is 70.3 cm³/mol. The maximum absolute atomic E-state index is 12.8. The van der Waals surface area contributed by atoms with E-state index in [9.17, 15) is 9.18 Å². The molecule has 0 aromatic heterocycles. The summed E-state index contributed by atoms with van der Waals surface area (Å²) in [5, 5.41) is 0. The van der Waals surface area contributed by atoms with Gasteiger partial charge >= 0.3 is 0 Å². The standard InChI is InChI=1S/C15H14FNO/c1-11-5-3-4-6-14(11)17(2)15(18)12-7-9-13(16)10-8-12/h3-10H,1-2H3. The Kier molecular flexibility index (Phi) is 3.42. The minimum Gasteiger partial charge on any atom is -0.311 e. The van der Waals surface area contributed by atoms with E-state index >= 15 is 0 Å². The van der Waals surface area contributed by atoms with Gasteiger partial charge in [-0.15, -0.1) is 0 Å². The third-order valence-corrected chi connectivity index (χ3v) is 2.87. The van der Waals surface area contributed by atoms with Gasteiger partial charge in [0.1, 0.15) is 5.82 Å². The summed E-state index contributed by atoms with van der Waals surface area (Å²) in [6.07, 6.45) is 0. The second-order valence-corrected chi connectivity index (χ2v) is 4.16. The summed E-state index contributed by atoms with van der Waals surface area (Å²) in [6, 6.07) is 13.2. The number of anilines is 1. The number of hydrogen-bond acceptors (Lipinski definition) is 1. The van der Waals surface area contributed by atoms with Crippen molar-refractivity contribution in [2.24, 2.45) is 0 Å². The molecule has 0 saturated heterocycles. The molecule has 0 atom stereocenters. The minimum atomic E-state index is -0.343. The van der Waals surface area contributed by atoms with Crippen molar-refractivity contribution < 1.29 is 9.18 Å². The molecule has 2 rings (SSSR count). The quantitative estimate of drug-likeness (QED) is 0.791. The number of amides is 1. The van der Waals surface area contributed by atoms with Crippen molar-refractivity contribution in [3.8, 4) is 0 Å². The molecule has 0 fully saturated rings. The molecule has 0 bridgehead atoms. The molecule has 2 aromatic rings. The van der Waals surface area contributed by atoms with Gasteiger partial charge in [0.15, 0.2) is 0 Å². The van der Waals surface area contributed by atoms with Crippen molar-refractivity contribution in [1.29, 1.82) is 0 Å². The molecule has 3 heteroatoms. The van der Waals surface area contributed by atoms with Crippen molar-refractivity contribution in [3.63, 3.8) is 0 Å². The van der Waals surface area contributed by atoms with Crippen LogP contribution in [0.4, 0.5) is 10.1 Å². The fourth-order valence-corrected chi connectivity index (χ4v) is 1.84. The first-order valence-electron chi connectivity index (χ1n) is 5.69. The average Bonchev–Trinajstić information content (AvgIpc) is 2.38. The van der Waals surface area contributed by atoms with Gasteiger partial charge in [-0.1, -0.05) is 18.2 Å². The van der Waals surface area contributed by atoms with E-state index in [1.165, 1.54) is 24.3 Å². The zero-order chi connectivity index (χ0) is 13.1. The number of carbonyl (C=O) groups is 1. The zero-order valence-electron chi connectivity index (χ0n) is 10.4. The number of rotatable bonds is 2. The smallest absolute Gasteiger partial charge is 0.258 e. The van der Waals surface area contributed by atoms with Crippen molar-refractivity contribution in [1.82, 2.24) is 0 Å². The number of nitrogens with zero attached hydrogens (tertiary/aromatic N) is 1. The van der Waals surface area contributed by atoms with E-state index in [0.29, 0.717) is 5.56 Å². The van der Waals surface area contributed by atoms with Gasteiger partial charge in [-0.25, -0.2) is 4.39 Å². The van der Waals surface area contributed by atoms with Gasteiger partial charge in [0.2, 0.25) is 0 Å². The van der Waals surface area contributed by atoms with Crippen LogP contribution in [-0.4, -0.2) is 13.0 Å². The van der Waals surface area contributed by atoms with E-state index in [1.807, 2.05) is 31.2 Å². The van der Waals surface area contributed by atoms with Crippen LogP contribution in [0.5, 0.6) is 0 Å². The van der Waals surface area contributed by atoms with Crippen LogP contribution in [0.15, 0.2) is 48.5 Å². The first kappa shape index (κ1) is 12.3. The number of para-hydroxylation sites is 1. The Balaban J connectivity index is 2.29. The second kappa shape index (κ2) is 5.00. The number of benzene rings is 2. The van der Waals surface area contributed by atoms with Gasteiger partial charge in [0.05, 0.1) is 0 Å². The lowest BCUT2D eigenvalue weighted by Crippen LogP contribution is -2.26. The van der Waals surface area contributed by atoms with Gasteiger partial charge in [-0.2, -0.15) is 0 Å². The summed E-state index contributed by atoms with van der Waals surface area (Å²) in [6.45, 7) is 1.95. The molecule has 0 aliphatic carbocycles. The van der Waals surface area contributed by atoms with Crippen molar-refractivity contribution in [2.45, 2.75) is 6.92 Å². The van der Waals surface area contributed by atoms with Crippen LogP contribution >= 0.6 is 0 Å². The zero-order valence-corrected chi connectivity index (χ0v) is 10.4. The molecule has 1 amide bonds. The molecule has 92 valence electrons. The molecule has 0 aliphatic heterocycles. The van der Waals surface area contributed by atoms with Crippen LogP contribution in [0.3, 0.4) is 0 Å². The Labute approximate surface area is 106 Å². The Bertz CT molecular complexity index is 563. The van der Waals surface area contributed by atoms with Crippen LogP contribution in [0.25, 0.3) is 0 Å². The lowest BCUT2D eigenvalue weighted by Gasteiger charge is -2.19. The lowest BCUT2D eigenvalue weighted by molar-refractivity contribution is 0.0993. The summed E-state index contributed by atoms with van der Waals surface area (Å²) in [7, 11) is 1.72. The molecule has 18 heavy (non-hydrogen) atoms. The molecule has 0 heterocycles. The molecule has 0 aliphatic rings. The lowest BCUT2D eigenvalue weighted by atomic mass is 10.1. The Morgan fingerprint density at radius 3 is 2.28 bits per heavy atom. The normalized spacial score (nSPS) is 10.2. The fraction of sp³-hybridized carbons (Fsp3) is 0.133. The monoisotopic (exact) mass is 243 g/mol. The SMILES string of the molecule is Cc1ccccc1N(C)C(=O)c1ccc(F)cc1. The van der Waals surface area contributed by atoms with Gasteiger partial charge < -0.3 is 4.90 Å². The van der Waals surface area contributed by atoms with Crippen LogP contribution in [0, 0.1) is 12.7 Å². The topological polar surface area (TPSA) is 20.3 Å². The third-order valence-electron chi connectivity index (χ3n) is 2.87. The molecule has 0 unspecified atom stereocenters. The molecule has 0 spiro atoms. The third kappa shape index (κ3) is 2.40. The summed E-state index contributed by atoms with van der Waals surface area (Å²) < 4.78 is 12.8. The van der Waals surface area contributed by atoms with Crippen molar-refractivity contribution in [2.75, 3.05) is 11.9 Å². The highest BCUT2D eigenvalue weighted by Gasteiger charge is 2.14. The van der Waals surface area contributed by atoms with Gasteiger partial charge in [-0.3, -0.25) is 4.79 Å². The van der Waals surface area contributed by atoms with Gasteiger partial charge in [0.25, 0.3) is 5.91 Å². The highest BCUT2D eigenvalue weighted by molar-refractivity contribution is 6.06. The highest BCUT2D eigenvalue weighted by Crippen LogP contribution is 2.20. The van der Waals surface area contributed by atoms with Crippen LogP contribution in [0.1, 0.15) is 15.9 Å². The second-order valence-electron chi connectivity index (χ2n) is 4.16. The van der Waals surface area contributed by atoms with E-state index < -0.39 is 0 Å². The summed E-state index contributed by atoms with van der Waals surface area (Å²) in [4.78, 5) is 13.8. The first-order valence-corrected chi connectivity index (χ1v) is 5.69. The Hall–Kier alpha value is -2.16. The molecular formula is C15H14FNO. The van der Waals surface area contributed by atoms with Crippen LogP contribution in [-0.2, 0) is 0 Å². The van der Waals surface area contributed by atoms with Gasteiger partial charge in [-0.05, 0) is 42.8 Å². The molecule has 0 N–H and O–H groups in total. The summed E-state index contributed by atoms with van der Waals surface area (Å²) >= 11 is 0. The Morgan fingerprint density at radius 1 is 1.06 bits per heavy atom. The largest absolute Gasteiger partial charge is 0.311 e. The molecule has 0 saturated carbocycles. The molecular weight excluding hydrogens is 229 g/mol. The van der Waals surface area contributed by atoms with E-state index in [-0.39, 0.29) is 11.7 Å². The minimum absolute atomic E-state index is 0.149. The Morgan fingerprint density at radius 2 is 1.67 bits per heavy atom. The van der Waals surface area contributed by atoms with E-state index in [0.717, 1.165) is 11.3 Å². The number of hydrogen-bond donors (Lipinski definition) is 0. The average molecular weight is 243 g/mol. The summed E-state index contributed by atoms with van der Waals surface area (Å²) in [5.74, 6) is -0.491.